The third-order valence-corrected chi connectivity index (χ3v) is 2.85. The van der Waals surface area contributed by atoms with Gasteiger partial charge < -0.3 is 10.1 Å². The summed E-state index contributed by atoms with van der Waals surface area (Å²) in [6.07, 6.45) is 1.44. The Morgan fingerprint density at radius 3 is 2.92 bits per heavy atom. The molecule has 0 radical (unpaired) electrons. The lowest BCUT2D eigenvalue weighted by Crippen LogP contribution is -2.54. The van der Waals surface area contributed by atoms with Crippen LogP contribution >= 0.6 is 0 Å². The fraction of sp³-hybridized carbons (Fsp3) is 0.778. The maximum Gasteiger partial charge on any atom is 0.309 e. The first-order valence-electron chi connectivity index (χ1n) is 4.69. The van der Waals surface area contributed by atoms with E-state index in [9.17, 15) is 9.59 Å². The molecule has 0 spiro atoms. The monoisotopic (exact) mass is 183 g/mol. The lowest BCUT2D eigenvalue weighted by atomic mass is 9.94. The predicted octanol–water partition coefficient (Wildman–Crippen LogP) is 0.0741. The van der Waals surface area contributed by atoms with Gasteiger partial charge in [-0.3, -0.25) is 9.59 Å². The highest BCUT2D eigenvalue weighted by molar-refractivity contribution is 5.88. The van der Waals surface area contributed by atoms with Crippen LogP contribution in [0.3, 0.4) is 0 Å². The molecule has 0 unspecified atom stereocenters. The number of β-lactam (4-membered cyclic amide) rings is 1. The van der Waals surface area contributed by atoms with Gasteiger partial charge in [0.05, 0.1) is 18.4 Å². The van der Waals surface area contributed by atoms with Gasteiger partial charge in [-0.2, -0.15) is 0 Å². The molecule has 1 heterocycles. The standard InChI is InChI=1S/C9H13NO3/c1-2-13-9(12)5-3-6-7(4-5)10-8(6)11/h5-7H,2-4H2,1H3,(H,10,11)/t5-,6-,7+/m0/s1. The normalized spacial score (nSPS) is 36.1. The summed E-state index contributed by atoms with van der Waals surface area (Å²) in [5.41, 5.74) is 0. The molecule has 2 fully saturated rings. The van der Waals surface area contributed by atoms with E-state index in [1.54, 1.807) is 6.92 Å². The second kappa shape index (κ2) is 3.01. The first-order valence-corrected chi connectivity index (χ1v) is 4.69. The Hall–Kier alpha value is -1.06. The molecular formula is C9H13NO3. The number of amides is 1. The smallest absolute Gasteiger partial charge is 0.309 e. The molecule has 2 aliphatic rings. The van der Waals surface area contributed by atoms with Gasteiger partial charge in [-0.15, -0.1) is 0 Å². The molecule has 0 aromatic heterocycles. The number of fused-ring (bicyclic) bond motifs is 1. The van der Waals surface area contributed by atoms with Crippen LogP contribution in [0.2, 0.25) is 0 Å². The molecule has 4 heteroatoms. The van der Waals surface area contributed by atoms with Crippen molar-refractivity contribution in [1.82, 2.24) is 5.32 Å². The van der Waals surface area contributed by atoms with E-state index in [2.05, 4.69) is 5.32 Å². The summed E-state index contributed by atoms with van der Waals surface area (Å²) in [5.74, 6) is -0.0356. The number of carbonyl (C=O) groups is 2. The number of ether oxygens (including phenoxy) is 1. The summed E-state index contributed by atoms with van der Waals surface area (Å²) < 4.78 is 4.91. The van der Waals surface area contributed by atoms with Gasteiger partial charge in [0.25, 0.3) is 0 Å². The average Bonchev–Trinajstić information content (AvgIpc) is 2.43. The van der Waals surface area contributed by atoms with Gasteiger partial charge in [-0.05, 0) is 19.8 Å². The molecule has 2 rings (SSSR count). The molecule has 1 N–H and O–H groups in total. The first-order chi connectivity index (χ1) is 6.22. The van der Waals surface area contributed by atoms with Crippen LogP contribution in [0.1, 0.15) is 19.8 Å². The Morgan fingerprint density at radius 1 is 1.62 bits per heavy atom. The van der Waals surface area contributed by atoms with Crippen molar-refractivity contribution in [3.63, 3.8) is 0 Å². The minimum Gasteiger partial charge on any atom is -0.466 e. The zero-order chi connectivity index (χ0) is 9.42. The highest BCUT2D eigenvalue weighted by Gasteiger charge is 2.49. The molecule has 1 saturated carbocycles. The molecule has 1 aliphatic heterocycles. The summed E-state index contributed by atoms with van der Waals surface area (Å²) in [4.78, 5) is 22.3. The van der Waals surface area contributed by atoms with Crippen LogP contribution in [0, 0.1) is 11.8 Å². The van der Waals surface area contributed by atoms with Crippen LogP contribution in [0.15, 0.2) is 0 Å². The van der Waals surface area contributed by atoms with Gasteiger partial charge in [-0.25, -0.2) is 0 Å². The lowest BCUT2D eigenvalue weighted by molar-refractivity contribution is -0.147. The Labute approximate surface area is 76.6 Å². The molecule has 1 saturated heterocycles. The van der Waals surface area contributed by atoms with Crippen molar-refractivity contribution >= 4 is 11.9 Å². The van der Waals surface area contributed by atoms with E-state index in [0.29, 0.717) is 13.0 Å². The van der Waals surface area contributed by atoms with Crippen molar-refractivity contribution < 1.29 is 14.3 Å². The Morgan fingerprint density at radius 2 is 2.38 bits per heavy atom. The van der Waals surface area contributed by atoms with Crippen molar-refractivity contribution in [3.05, 3.63) is 0 Å². The van der Waals surface area contributed by atoms with Gasteiger partial charge in [-0.1, -0.05) is 0 Å². The molecule has 13 heavy (non-hydrogen) atoms. The molecule has 72 valence electrons. The van der Waals surface area contributed by atoms with Gasteiger partial charge in [0.1, 0.15) is 0 Å². The zero-order valence-electron chi connectivity index (χ0n) is 7.58. The third-order valence-electron chi connectivity index (χ3n) is 2.85. The van der Waals surface area contributed by atoms with E-state index in [-0.39, 0.29) is 29.8 Å². The second-order valence-electron chi connectivity index (χ2n) is 3.64. The van der Waals surface area contributed by atoms with Crippen molar-refractivity contribution in [1.29, 1.82) is 0 Å². The summed E-state index contributed by atoms with van der Waals surface area (Å²) in [5, 5.41) is 2.78. The fourth-order valence-electron chi connectivity index (χ4n) is 2.13. The molecule has 1 amide bonds. The van der Waals surface area contributed by atoms with E-state index in [1.165, 1.54) is 0 Å². The van der Waals surface area contributed by atoms with Crippen molar-refractivity contribution in [2.24, 2.45) is 11.8 Å². The molecule has 0 aromatic rings. The highest BCUT2D eigenvalue weighted by Crippen LogP contribution is 2.37. The molecular weight excluding hydrogens is 170 g/mol. The van der Waals surface area contributed by atoms with Crippen LogP contribution in [-0.2, 0) is 14.3 Å². The summed E-state index contributed by atoms with van der Waals surface area (Å²) >= 11 is 0. The molecule has 4 nitrogen and oxygen atoms in total. The van der Waals surface area contributed by atoms with Crippen molar-refractivity contribution in [2.75, 3.05) is 6.61 Å². The maximum atomic E-state index is 11.3. The van der Waals surface area contributed by atoms with Crippen molar-refractivity contribution in [3.8, 4) is 0 Å². The lowest BCUT2D eigenvalue weighted by Gasteiger charge is -2.30. The number of hydrogen-bond acceptors (Lipinski definition) is 3. The topological polar surface area (TPSA) is 55.4 Å². The number of carbonyl (C=O) groups excluding carboxylic acids is 2. The maximum absolute atomic E-state index is 11.3. The predicted molar refractivity (Wildman–Crippen MR) is 44.8 cm³/mol. The van der Waals surface area contributed by atoms with Gasteiger partial charge in [0.2, 0.25) is 5.91 Å². The Balaban J connectivity index is 1.91. The average molecular weight is 183 g/mol. The van der Waals surface area contributed by atoms with E-state index in [0.717, 1.165) is 6.42 Å². The molecule has 3 atom stereocenters. The largest absolute Gasteiger partial charge is 0.466 e. The highest BCUT2D eigenvalue weighted by atomic mass is 16.5. The summed E-state index contributed by atoms with van der Waals surface area (Å²) in [6.45, 7) is 2.22. The third kappa shape index (κ3) is 1.30. The quantitative estimate of drug-likeness (QED) is 0.487. The number of esters is 1. The van der Waals surface area contributed by atoms with Crippen LogP contribution in [0.4, 0.5) is 0 Å². The van der Waals surface area contributed by atoms with Crippen LogP contribution in [-0.4, -0.2) is 24.5 Å². The van der Waals surface area contributed by atoms with Gasteiger partial charge >= 0.3 is 5.97 Å². The van der Waals surface area contributed by atoms with E-state index in [4.69, 9.17) is 4.74 Å². The minimum atomic E-state index is -0.147. The molecule has 1 aliphatic carbocycles. The number of nitrogens with one attached hydrogen (secondary N) is 1. The molecule has 0 bridgehead atoms. The van der Waals surface area contributed by atoms with E-state index < -0.39 is 0 Å². The van der Waals surface area contributed by atoms with Crippen LogP contribution in [0.25, 0.3) is 0 Å². The number of rotatable bonds is 2. The van der Waals surface area contributed by atoms with Crippen molar-refractivity contribution in [2.45, 2.75) is 25.8 Å². The Kier molecular flexibility index (Phi) is 1.98. The van der Waals surface area contributed by atoms with Crippen LogP contribution in [0.5, 0.6) is 0 Å². The van der Waals surface area contributed by atoms with E-state index in [1.807, 2.05) is 0 Å². The second-order valence-corrected chi connectivity index (χ2v) is 3.64. The van der Waals surface area contributed by atoms with Gasteiger partial charge in [0, 0.05) is 6.04 Å². The molecule has 0 aromatic carbocycles. The number of hydrogen-bond donors (Lipinski definition) is 1. The SMILES string of the molecule is CCOC(=O)[C@H]1C[C@@H]2C(=O)N[C@@H]2C1. The minimum absolute atomic E-state index is 0.0612. The fourth-order valence-corrected chi connectivity index (χ4v) is 2.13. The Bertz CT molecular complexity index is 251. The first kappa shape index (κ1) is 8.53. The van der Waals surface area contributed by atoms with E-state index >= 15 is 0 Å². The van der Waals surface area contributed by atoms with Crippen LogP contribution < -0.4 is 5.32 Å². The van der Waals surface area contributed by atoms with Gasteiger partial charge in [0.15, 0.2) is 0 Å². The summed E-state index contributed by atoms with van der Waals surface area (Å²) in [6, 6.07) is 0.238. The summed E-state index contributed by atoms with van der Waals surface area (Å²) in [7, 11) is 0. The zero-order valence-corrected chi connectivity index (χ0v) is 7.58.